The number of likely N-dealkylation sites (tertiary alicyclic amines) is 1. The van der Waals surface area contributed by atoms with Gasteiger partial charge in [-0.3, -0.25) is 34.0 Å². The monoisotopic (exact) mass is 742 g/mol. The van der Waals surface area contributed by atoms with Gasteiger partial charge in [-0.15, -0.1) is 0 Å². The van der Waals surface area contributed by atoms with Crippen molar-refractivity contribution < 1.29 is 33.4 Å². The smallest absolute Gasteiger partial charge is 0.271 e. The molecule has 16 heteroatoms. The molecule has 3 saturated heterocycles. The van der Waals surface area contributed by atoms with E-state index in [-0.39, 0.29) is 66.7 Å². The Morgan fingerprint density at radius 2 is 1.85 bits per heavy atom. The zero-order valence-corrected chi connectivity index (χ0v) is 30.1. The van der Waals surface area contributed by atoms with E-state index in [1.807, 2.05) is 24.7 Å². The van der Waals surface area contributed by atoms with E-state index >= 15 is 4.39 Å². The maximum absolute atomic E-state index is 15.2. The lowest BCUT2D eigenvalue weighted by Crippen LogP contribution is -2.49. The van der Waals surface area contributed by atoms with Crippen LogP contribution in [0.2, 0.25) is 0 Å². The van der Waals surface area contributed by atoms with Gasteiger partial charge in [0.1, 0.15) is 11.4 Å². The van der Waals surface area contributed by atoms with Gasteiger partial charge in [0.2, 0.25) is 17.7 Å². The first kappa shape index (κ1) is 36.7. The second-order valence-electron chi connectivity index (χ2n) is 14.6. The fraction of sp³-hybridized carbons (Fsp3) is 0.447. The van der Waals surface area contributed by atoms with Gasteiger partial charge in [-0.05, 0) is 75.8 Å². The van der Waals surface area contributed by atoms with E-state index in [0.29, 0.717) is 62.3 Å². The molecule has 1 atom stereocenters. The molecular formula is C38H43FN8O7. The number of fused-ring (bicyclic) bond motifs is 1. The molecule has 3 aliphatic rings. The first-order chi connectivity index (χ1) is 25.9. The number of aromatic amines is 1. The summed E-state index contributed by atoms with van der Waals surface area (Å²) in [7, 11) is 0. The summed E-state index contributed by atoms with van der Waals surface area (Å²) >= 11 is 0. The van der Waals surface area contributed by atoms with Gasteiger partial charge in [-0.25, -0.2) is 9.37 Å². The van der Waals surface area contributed by atoms with Gasteiger partial charge in [-0.2, -0.15) is 5.10 Å². The number of aliphatic hydroxyl groups is 1. The van der Waals surface area contributed by atoms with E-state index in [0.717, 1.165) is 5.39 Å². The number of carbonyl (C=O) groups excluding carboxylic acids is 4. The SMILES string of the molecule is CC(C)Oc1cc2nn(C3CCN(C(=O)CC4(O)CCN(c5ncc(C6CCC(=O)NC6=O)cc5F)CC4)CC3)cc2cc1C(=O)Nc1ccc[nH]c1=O. The van der Waals surface area contributed by atoms with E-state index in [1.165, 1.54) is 24.5 Å². The second-order valence-corrected chi connectivity index (χ2v) is 14.6. The highest BCUT2D eigenvalue weighted by Crippen LogP contribution is 2.34. The van der Waals surface area contributed by atoms with Gasteiger partial charge < -0.3 is 29.9 Å². The highest BCUT2D eigenvalue weighted by atomic mass is 19.1. The molecule has 7 rings (SSSR count). The normalized spacial score (nSPS) is 19.2. The molecule has 4 amide bonds. The van der Waals surface area contributed by atoms with Crippen molar-refractivity contribution >= 4 is 46.0 Å². The van der Waals surface area contributed by atoms with Crippen LogP contribution in [0.3, 0.4) is 0 Å². The van der Waals surface area contributed by atoms with Crippen LogP contribution < -0.4 is 25.8 Å². The number of carbonyl (C=O) groups is 4. The zero-order chi connectivity index (χ0) is 38.1. The van der Waals surface area contributed by atoms with Crippen LogP contribution in [0.15, 0.2) is 53.7 Å². The Kier molecular flexibility index (Phi) is 10.2. The van der Waals surface area contributed by atoms with E-state index in [9.17, 15) is 29.1 Å². The van der Waals surface area contributed by atoms with Crippen molar-refractivity contribution in [3.8, 4) is 5.75 Å². The quantitative estimate of drug-likeness (QED) is 0.185. The van der Waals surface area contributed by atoms with Crippen LogP contribution in [0, 0.1) is 5.82 Å². The molecule has 0 radical (unpaired) electrons. The van der Waals surface area contributed by atoms with Crippen LogP contribution in [0.25, 0.3) is 10.9 Å². The first-order valence-electron chi connectivity index (χ1n) is 18.3. The summed E-state index contributed by atoms with van der Waals surface area (Å²) in [6.07, 6.45) is 6.86. The van der Waals surface area contributed by atoms with Crippen LogP contribution >= 0.6 is 0 Å². The van der Waals surface area contributed by atoms with Gasteiger partial charge in [-0.1, -0.05) is 0 Å². The maximum atomic E-state index is 15.2. The molecule has 6 heterocycles. The number of amides is 4. The number of imide groups is 1. The Labute approximate surface area is 309 Å². The van der Waals surface area contributed by atoms with E-state index < -0.39 is 34.7 Å². The molecule has 3 aliphatic heterocycles. The lowest BCUT2D eigenvalue weighted by atomic mass is 9.87. The molecule has 4 aromatic rings. The topological polar surface area (TPSA) is 192 Å². The molecule has 0 aliphatic carbocycles. The maximum Gasteiger partial charge on any atom is 0.271 e. The molecule has 3 aromatic heterocycles. The second kappa shape index (κ2) is 15.0. The molecule has 3 fully saturated rings. The van der Waals surface area contributed by atoms with E-state index in [2.05, 4.69) is 20.6 Å². The number of pyridine rings is 2. The average Bonchev–Trinajstić information content (AvgIpc) is 3.55. The number of piperidine rings is 3. The summed E-state index contributed by atoms with van der Waals surface area (Å²) in [5.74, 6) is -2.17. The van der Waals surface area contributed by atoms with Gasteiger partial charge in [0, 0.05) is 62.6 Å². The van der Waals surface area contributed by atoms with Crippen molar-refractivity contribution in [3.05, 3.63) is 76.2 Å². The lowest BCUT2D eigenvalue weighted by Gasteiger charge is -2.40. The van der Waals surface area contributed by atoms with Gasteiger partial charge in [0.15, 0.2) is 11.6 Å². The van der Waals surface area contributed by atoms with Crippen molar-refractivity contribution in [1.82, 2.24) is 30.0 Å². The highest BCUT2D eigenvalue weighted by molar-refractivity contribution is 6.08. The van der Waals surface area contributed by atoms with Crippen LogP contribution in [-0.2, 0) is 14.4 Å². The predicted octanol–water partition coefficient (Wildman–Crippen LogP) is 3.40. The van der Waals surface area contributed by atoms with Crippen molar-refractivity contribution in [2.45, 2.75) is 82.5 Å². The molecule has 1 unspecified atom stereocenters. The standard InChI is InChI=1S/C38H43FN8O7/c1-22(2)54-31-18-30-24(16-27(31)36(51)42-29-4-3-11-40-37(29)52)21-47(44-30)25-7-12-45(13-8-25)33(49)19-38(53)9-14-46(15-10-38)34-28(39)17-23(20-41-34)26-5-6-32(48)43-35(26)50/h3-4,11,16-18,20-22,25-26,53H,5-10,12-15,19H2,1-2H3,(H,40,52)(H,42,51)(H,43,48,50). The van der Waals surface area contributed by atoms with Gasteiger partial charge >= 0.3 is 0 Å². The molecule has 1 aromatic carbocycles. The molecule has 15 nitrogen and oxygen atoms in total. The number of nitrogens with one attached hydrogen (secondary N) is 3. The van der Waals surface area contributed by atoms with Crippen LogP contribution in [0.4, 0.5) is 15.9 Å². The fourth-order valence-electron chi connectivity index (χ4n) is 7.46. The number of aromatic nitrogens is 4. The minimum atomic E-state index is -1.24. The number of hydrogen-bond acceptors (Lipinski definition) is 10. The third-order valence-corrected chi connectivity index (χ3v) is 10.4. The van der Waals surface area contributed by atoms with Gasteiger partial charge in [0.05, 0.1) is 41.2 Å². The summed E-state index contributed by atoms with van der Waals surface area (Å²) in [6, 6.07) is 7.86. The minimum Gasteiger partial charge on any atom is -0.490 e. The summed E-state index contributed by atoms with van der Waals surface area (Å²) in [5.41, 5.74) is -0.207. The number of hydrogen-bond donors (Lipinski definition) is 4. The summed E-state index contributed by atoms with van der Waals surface area (Å²) in [4.78, 5) is 72.9. The van der Waals surface area contributed by atoms with Crippen molar-refractivity contribution in [3.63, 3.8) is 0 Å². The molecular weight excluding hydrogens is 699 g/mol. The molecule has 284 valence electrons. The third-order valence-electron chi connectivity index (χ3n) is 10.4. The number of nitrogens with zero attached hydrogens (tertiary/aromatic N) is 5. The summed E-state index contributed by atoms with van der Waals surface area (Å²) < 4.78 is 23.0. The third kappa shape index (κ3) is 7.83. The summed E-state index contributed by atoms with van der Waals surface area (Å²) in [5, 5.41) is 21.8. The number of rotatable bonds is 9. The fourth-order valence-corrected chi connectivity index (χ4v) is 7.46. The number of benzene rings is 1. The Hall–Kier alpha value is -5.64. The number of halogens is 1. The first-order valence-corrected chi connectivity index (χ1v) is 18.3. The van der Waals surface area contributed by atoms with Crippen molar-refractivity contribution in [1.29, 1.82) is 0 Å². The van der Waals surface area contributed by atoms with E-state index in [1.54, 1.807) is 28.0 Å². The Bertz CT molecular complexity index is 2150. The minimum absolute atomic E-state index is 0.00571. The van der Waals surface area contributed by atoms with Gasteiger partial charge in [0.25, 0.3) is 11.5 Å². The van der Waals surface area contributed by atoms with Crippen molar-refractivity contribution in [2.24, 2.45) is 0 Å². The molecule has 0 bridgehead atoms. The largest absolute Gasteiger partial charge is 0.490 e. The van der Waals surface area contributed by atoms with Crippen LogP contribution in [-0.4, -0.2) is 91.3 Å². The Morgan fingerprint density at radius 1 is 1.09 bits per heavy atom. The number of anilines is 2. The predicted molar refractivity (Wildman–Crippen MR) is 196 cm³/mol. The lowest BCUT2D eigenvalue weighted by molar-refractivity contribution is -0.139. The Morgan fingerprint density at radius 3 is 2.54 bits per heavy atom. The summed E-state index contributed by atoms with van der Waals surface area (Å²) in [6.45, 7) is 5.29. The van der Waals surface area contributed by atoms with Crippen LogP contribution in [0.1, 0.15) is 86.7 Å². The highest BCUT2D eigenvalue weighted by Gasteiger charge is 2.38. The number of ether oxygens (including phenoxy) is 1. The molecule has 4 N–H and O–H groups in total. The Balaban J connectivity index is 0.944. The zero-order valence-electron chi connectivity index (χ0n) is 30.1. The molecule has 0 saturated carbocycles. The molecule has 0 spiro atoms. The van der Waals surface area contributed by atoms with Crippen molar-refractivity contribution in [2.75, 3.05) is 36.4 Å². The number of H-pyrrole nitrogens is 1. The van der Waals surface area contributed by atoms with Crippen LogP contribution in [0.5, 0.6) is 5.75 Å². The molecule has 54 heavy (non-hydrogen) atoms. The average molecular weight is 743 g/mol. The van der Waals surface area contributed by atoms with E-state index in [4.69, 9.17) is 9.84 Å².